The average molecular weight is 235 g/mol. The highest BCUT2D eigenvalue weighted by Crippen LogP contribution is 2.10. The maximum atomic E-state index is 5.27. The predicted octanol–water partition coefficient (Wildman–Crippen LogP) is 0.913. The van der Waals surface area contributed by atoms with Gasteiger partial charge in [-0.05, 0) is 6.92 Å². The van der Waals surface area contributed by atoms with Gasteiger partial charge in [-0.1, -0.05) is 5.16 Å². The third kappa shape index (κ3) is 3.40. The molecule has 0 saturated carbocycles. The summed E-state index contributed by atoms with van der Waals surface area (Å²) in [6, 6.07) is 1.75. The number of ether oxygens (including phenoxy) is 1. The monoisotopic (exact) mass is 235 g/mol. The van der Waals surface area contributed by atoms with E-state index in [2.05, 4.69) is 29.9 Å². The Kier molecular flexibility index (Phi) is 3.85. The quantitative estimate of drug-likeness (QED) is 0.796. The Morgan fingerprint density at radius 1 is 1.35 bits per heavy atom. The molecule has 2 rings (SSSR count). The summed E-state index contributed by atoms with van der Waals surface area (Å²) >= 11 is 0. The van der Waals surface area contributed by atoms with E-state index in [0.717, 1.165) is 0 Å². The minimum atomic E-state index is 0.560. The van der Waals surface area contributed by atoms with Crippen molar-refractivity contribution in [3.8, 4) is 5.88 Å². The first-order valence-corrected chi connectivity index (χ1v) is 5.32. The van der Waals surface area contributed by atoms with E-state index < -0.39 is 0 Å². The predicted molar refractivity (Wildman–Crippen MR) is 59.7 cm³/mol. The molecule has 90 valence electrons. The molecule has 7 heteroatoms. The fourth-order valence-electron chi connectivity index (χ4n) is 1.27. The van der Waals surface area contributed by atoms with Crippen LogP contribution in [0, 0.1) is 0 Å². The number of anilines is 1. The summed E-state index contributed by atoms with van der Waals surface area (Å²) < 4.78 is 9.90. The van der Waals surface area contributed by atoms with Crippen molar-refractivity contribution in [2.24, 2.45) is 0 Å². The number of hydrogen-bond donors (Lipinski definition) is 1. The van der Waals surface area contributed by atoms with Crippen LogP contribution < -0.4 is 10.1 Å². The molecule has 0 spiro atoms. The highest BCUT2D eigenvalue weighted by Gasteiger charge is 2.00. The molecular weight excluding hydrogens is 222 g/mol. The number of nitrogens with zero attached hydrogens (tertiary/aromatic N) is 4. The number of hydrogen-bond acceptors (Lipinski definition) is 7. The second-order valence-corrected chi connectivity index (χ2v) is 3.20. The molecule has 0 aliphatic rings. The van der Waals surface area contributed by atoms with E-state index in [4.69, 9.17) is 4.74 Å². The van der Waals surface area contributed by atoms with Crippen LogP contribution in [0.25, 0.3) is 0 Å². The molecule has 2 aromatic heterocycles. The van der Waals surface area contributed by atoms with E-state index in [1.54, 1.807) is 6.07 Å². The summed E-state index contributed by atoms with van der Waals surface area (Å²) in [5, 5.41) is 6.84. The summed E-state index contributed by atoms with van der Waals surface area (Å²) in [7, 11) is 0. The third-order valence-corrected chi connectivity index (χ3v) is 2.00. The molecule has 0 aliphatic carbocycles. The van der Waals surface area contributed by atoms with Crippen LogP contribution in [-0.4, -0.2) is 33.3 Å². The molecule has 7 nitrogen and oxygen atoms in total. The van der Waals surface area contributed by atoms with Crippen LogP contribution in [0.5, 0.6) is 5.88 Å². The molecule has 0 amide bonds. The van der Waals surface area contributed by atoms with Gasteiger partial charge in [-0.2, -0.15) is 4.98 Å². The van der Waals surface area contributed by atoms with Crippen LogP contribution in [0.15, 0.2) is 23.3 Å². The lowest BCUT2D eigenvalue weighted by atomic mass is 10.4. The van der Waals surface area contributed by atoms with Gasteiger partial charge in [-0.3, -0.25) is 0 Å². The lowest BCUT2D eigenvalue weighted by Crippen LogP contribution is -2.07. The summed E-state index contributed by atoms with van der Waals surface area (Å²) in [5.74, 6) is 1.94. The molecule has 0 fully saturated rings. The van der Waals surface area contributed by atoms with E-state index in [0.29, 0.717) is 37.1 Å². The van der Waals surface area contributed by atoms with Crippen LogP contribution >= 0.6 is 0 Å². The summed E-state index contributed by atoms with van der Waals surface area (Å²) in [6.45, 7) is 3.16. The Balaban J connectivity index is 1.84. The van der Waals surface area contributed by atoms with Crippen molar-refractivity contribution < 1.29 is 9.26 Å². The fraction of sp³-hybridized carbons (Fsp3) is 0.400. The normalized spacial score (nSPS) is 10.2. The lowest BCUT2D eigenvalue weighted by Gasteiger charge is -2.05. The Bertz CT molecular complexity index is 446. The van der Waals surface area contributed by atoms with Gasteiger partial charge in [0, 0.05) is 19.0 Å². The number of nitrogens with one attached hydrogen (secondary N) is 1. The van der Waals surface area contributed by atoms with Gasteiger partial charge in [-0.25, -0.2) is 9.97 Å². The summed E-state index contributed by atoms with van der Waals surface area (Å²) in [4.78, 5) is 12.0. The maximum Gasteiger partial charge on any atom is 0.218 e. The van der Waals surface area contributed by atoms with Gasteiger partial charge in [0.1, 0.15) is 12.1 Å². The van der Waals surface area contributed by atoms with Gasteiger partial charge < -0.3 is 14.6 Å². The van der Waals surface area contributed by atoms with Crippen molar-refractivity contribution in [1.29, 1.82) is 0 Å². The first kappa shape index (κ1) is 11.3. The van der Waals surface area contributed by atoms with Gasteiger partial charge in [0.15, 0.2) is 5.82 Å². The Morgan fingerprint density at radius 2 is 2.29 bits per heavy atom. The zero-order valence-corrected chi connectivity index (χ0v) is 9.46. The van der Waals surface area contributed by atoms with E-state index in [-0.39, 0.29) is 0 Å². The van der Waals surface area contributed by atoms with Gasteiger partial charge >= 0.3 is 0 Å². The van der Waals surface area contributed by atoms with Crippen molar-refractivity contribution in [2.45, 2.75) is 13.3 Å². The third-order valence-electron chi connectivity index (χ3n) is 2.00. The zero-order chi connectivity index (χ0) is 11.9. The molecule has 0 aromatic carbocycles. The standard InChI is InChI=1S/C10H13N5O2/c1-2-16-10-5-9(12-6-13-10)11-4-3-8-14-7-17-15-8/h5-7H,2-4H2,1H3,(H,11,12,13). The smallest absolute Gasteiger partial charge is 0.218 e. The lowest BCUT2D eigenvalue weighted by molar-refractivity contribution is 0.326. The second-order valence-electron chi connectivity index (χ2n) is 3.20. The SMILES string of the molecule is CCOc1cc(NCCc2ncon2)ncn1. The summed E-state index contributed by atoms with van der Waals surface area (Å²) in [5.41, 5.74) is 0. The van der Waals surface area contributed by atoms with Crippen molar-refractivity contribution in [2.75, 3.05) is 18.5 Å². The minimum Gasteiger partial charge on any atom is -0.478 e. The van der Waals surface area contributed by atoms with E-state index in [1.165, 1.54) is 12.7 Å². The van der Waals surface area contributed by atoms with Crippen molar-refractivity contribution in [1.82, 2.24) is 20.1 Å². The van der Waals surface area contributed by atoms with Gasteiger partial charge in [0.25, 0.3) is 0 Å². The molecule has 0 atom stereocenters. The van der Waals surface area contributed by atoms with Gasteiger partial charge in [0.2, 0.25) is 12.3 Å². The Morgan fingerprint density at radius 3 is 3.06 bits per heavy atom. The molecule has 17 heavy (non-hydrogen) atoms. The number of rotatable bonds is 6. The van der Waals surface area contributed by atoms with E-state index in [9.17, 15) is 0 Å². The topological polar surface area (TPSA) is 86.0 Å². The second kappa shape index (κ2) is 5.78. The molecule has 2 aromatic rings. The van der Waals surface area contributed by atoms with E-state index >= 15 is 0 Å². The largest absolute Gasteiger partial charge is 0.478 e. The molecule has 1 N–H and O–H groups in total. The summed E-state index contributed by atoms with van der Waals surface area (Å²) in [6.07, 6.45) is 3.44. The highest BCUT2D eigenvalue weighted by molar-refractivity contribution is 5.36. The van der Waals surface area contributed by atoms with Crippen LogP contribution in [-0.2, 0) is 6.42 Å². The molecule has 0 unspecified atom stereocenters. The Hall–Kier alpha value is -2.18. The van der Waals surface area contributed by atoms with Crippen LogP contribution in [0.3, 0.4) is 0 Å². The van der Waals surface area contributed by atoms with Crippen molar-refractivity contribution in [3.05, 3.63) is 24.6 Å². The molecule has 0 bridgehead atoms. The first-order chi connectivity index (χ1) is 8.38. The van der Waals surface area contributed by atoms with Crippen LogP contribution in [0.1, 0.15) is 12.7 Å². The average Bonchev–Trinajstić information content (AvgIpc) is 2.83. The highest BCUT2D eigenvalue weighted by atomic mass is 16.5. The van der Waals surface area contributed by atoms with Crippen molar-refractivity contribution >= 4 is 5.82 Å². The minimum absolute atomic E-state index is 0.560. The molecule has 0 radical (unpaired) electrons. The molecule has 2 heterocycles. The van der Waals surface area contributed by atoms with Crippen LogP contribution in [0.2, 0.25) is 0 Å². The molecular formula is C10H13N5O2. The van der Waals surface area contributed by atoms with Gasteiger partial charge in [0.05, 0.1) is 6.61 Å². The molecule has 0 aliphatic heterocycles. The first-order valence-electron chi connectivity index (χ1n) is 5.32. The number of aromatic nitrogens is 4. The van der Waals surface area contributed by atoms with Crippen LogP contribution in [0.4, 0.5) is 5.82 Å². The fourth-order valence-corrected chi connectivity index (χ4v) is 1.27. The Labute approximate surface area is 98.2 Å². The maximum absolute atomic E-state index is 5.27. The molecule has 0 saturated heterocycles. The van der Waals surface area contributed by atoms with E-state index in [1.807, 2.05) is 6.92 Å². The van der Waals surface area contributed by atoms with Crippen molar-refractivity contribution in [3.63, 3.8) is 0 Å². The zero-order valence-electron chi connectivity index (χ0n) is 9.46. The van der Waals surface area contributed by atoms with Gasteiger partial charge in [-0.15, -0.1) is 0 Å².